The van der Waals surface area contributed by atoms with Gasteiger partial charge in [0.15, 0.2) is 0 Å². The molecule has 0 amide bonds. The van der Waals surface area contributed by atoms with Gasteiger partial charge in [0, 0.05) is 0 Å². The molecule has 0 saturated carbocycles. The number of rotatable bonds is 2. The molecule has 29 heavy (non-hydrogen) atoms. The van der Waals surface area contributed by atoms with E-state index in [2.05, 4.69) is 97.3 Å². The van der Waals surface area contributed by atoms with Crippen molar-refractivity contribution >= 4 is 23.0 Å². The molecule has 0 radical (unpaired) electrons. The first kappa shape index (κ1) is 21.5. The maximum atomic E-state index is 2.72. The molecule has 6 rings (SSSR count). The summed E-state index contributed by atoms with van der Waals surface area (Å²) in [5.74, 6) is 0. The van der Waals surface area contributed by atoms with Gasteiger partial charge in [-0.3, -0.25) is 0 Å². The summed E-state index contributed by atoms with van der Waals surface area (Å²) < 4.78 is 1.53. The summed E-state index contributed by atoms with van der Waals surface area (Å²) in [4.78, 5) is 0. The van der Waals surface area contributed by atoms with E-state index in [4.69, 9.17) is 0 Å². The zero-order chi connectivity index (χ0) is 18.2. The van der Waals surface area contributed by atoms with Gasteiger partial charge >= 0.3 is 166 Å². The molecule has 0 N–H and O–H groups in total. The Kier molecular flexibility index (Phi) is 5.77. The van der Waals surface area contributed by atoms with E-state index in [1.165, 1.54) is 11.1 Å². The summed E-state index contributed by atoms with van der Waals surface area (Å²) in [6.45, 7) is 4.87. The van der Waals surface area contributed by atoms with Gasteiger partial charge in [0.1, 0.15) is 0 Å². The standard InChI is InChI=1S/2C10H9.C4H4Si2.2ClH.Zr/c2*1-8-6-9-4-2-3-5-10(9)7-8;1-2-6-4-3-5-1;;;/h2*2-7H,1H3;1-4H;2*1H;/q;;;;;+2/p-2. The Morgan fingerprint density at radius 3 is 1.41 bits per heavy atom. The van der Waals surface area contributed by atoms with Crippen LogP contribution in [0.25, 0.3) is 12.2 Å². The van der Waals surface area contributed by atoms with Crippen LogP contribution in [0.4, 0.5) is 0 Å². The number of hydrogen-bond acceptors (Lipinski definition) is 0. The Balaban J connectivity index is 0.00000102. The van der Waals surface area contributed by atoms with E-state index >= 15 is 0 Å². The summed E-state index contributed by atoms with van der Waals surface area (Å²) >= 11 is -2.67. The maximum Gasteiger partial charge on any atom is -1.00 e. The molecular formula is C24H22Cl2Si2Zr. The molecule has 0 spiro atoms. The van der Waals surface area contributed by atoms with Crippen molar-refractivity contribution in [1.29, 1.82) is 0 Å². The third-order valence-corrected chi connectivity index (χ3v) is 56.1. The van der Waals surface area contributed by atoms with Crippen molar-refractivity contribution < 1.29 is 42.3 Å². The van der Waals surface area contributed by atoms with Gasteiger partial charge in [-0.05, 0) is 0 Å². The van der Waals surface area contributed by atoms with Crippen molar-refractivity contribution in [3.05, 3.63) is 105 Å². The number of hydrogen-bond donors (Lipinski definition) is 0. The molecule has 2 aliphatic heterocycles. The SMILES string of the molecule is CC1=Cc2ccccc2[CH]1[Zr+2]1([CH]2C(C)=Cc3ccccc32)=[Si]2C=C[Si]=1C=C2.[Cl-].[Cl-]. The van der Waals surface area contributed by atoms with Gasteiger partial charge in [0.2, 0.25) is 0 Å². The second kappa shape index (κ2) is 7.77. The number of fused-ring (bicyclic) bond motifs is 2. The van der Waals surface area contributed by atoms with Crippen molar-refractivity contribution in [2.75, 3.05) is 0 Å². The minimum Gasteiger partial charge on any atom is -1.00 e. The van der Waals surface area contributed by atoms with Crippen molar-refractivity contribution in [1.82, 2.24) is 0 Å². The van der Waals surface area contributed by atoms with E-state index < -0.39 is 28.4 Å². The summed E-state index contributed by atoms with van der Waals surface area (Å²) in [7, 11) is 0. The first-order valence-corrected chi connectivity index (χ1v) is 23.4. The molecule has 2 aliphatic carbocycles. The van der Waals surface area contributed by atoms with Gasteiger partial charge in [-0.15, -0.1) is 0 Å². The van der Waals surface area contributed by atoms with Crippen LogP contribution >= 0.6 is 0 Å². The number of benzene rings is 2. The second-order valence-electron chi connectivity index (χ2n) is 8.35. The summed E-state index contributed by atoms with van der Waals surface area (Å²) in [5.41, 5.74) is 19.6. The Labute approximate surface area is 189 Å². The van der Waals surface area contributed by atoms with Crippen LogP contribution in [0.3, 0.4) is 0 Å². The first-order valence-electron chi connectivity index (χ1n) is 9.86. The molecule has 144 valence electrons. The second-order valence-corrected chi connectivity index (χ2v) is 39.9. The predicted octanol–water partition coefficient (Wildman–Crippen LogP) is -0.256. The van der Waals surface area contributed by atoms with E-state index in [0.29, 0.717) is 0 Å². The third kappa shape index (κ3) is 2.78. The fraction of sp³-hybridized carbons (Fsp3) is 0.167. The van der Waals surface area contributed by atoms with Crippen LogP contribution in [0.1, 0.15) is 43.4 Å². The molecule has 0 saturated heterocycles. The molecule has 0 nitrogen and oxygen atoms in total. The molecule has 2 atom stereocenters. The van der Waals surface area contributed by atoms with Crippen LogP contribution in [0.15, 0.2) is 82.5 Å². The van der Waals surface area contributed by atoms with E-state index in [0.717, 1.165) is 7.25 Å². The predicted molar refractivity (Wildman–Crippen MR) is 115 cm³/mol. The molecule has 0 fully saturated rings. The molecular weight excluding hydrogens is 507 g/mol. The average molecular weight is 529 g/mol. The molecule has 2 bridgehead atoms. The van der Waals surface area contributed by atoms with Gasteiger partial charge < -0.3 is 24.8 Å². The summed E-state index contributed by atoms with van der Waals surface area (Å²) in [6, 6.07) is 18.6. The Morgan fingerprint density at radius 2 is 1.00 bits per heavy atom. The fourth-order valence-corrected chi connectivity index (χ4v) is 69.2. The maximum absolute atomic E-state index is 2.72. The first-order chi connectivity index (χ1) is 13.2. The third-order valence-electron chi connectivity index (χ3n) is 7.04. The quantitative estimate of drug-likeness (QED) is 0.472. The van der Waals surface area contributed by atoms with Gasteiger partial charge in [-0.25, -0.2) is 0 Å². The molecule has 2 heterocycles. The number of halogens is 2. The minimum absolute atomic E-state index is 0. The van der Waals surface area contributed by atoms with Crippen LogP contribution in [-0.4, -0.2) is 10.9 Å². The van der Waals surface area contributed by atoms with E-state index in [9.17, 15) is 0 Å². The van der Waals surface area contributed by atoms with Crippen LogP contribution in [0.5, 0.6) is 0 Å². The zero-order valence-electron chi connectivity index (χ0n) is 16.5. The minimum atomic E-state index is -2.67. The fourth-order valence-electron chi connectivity index (χ4n) is 6.19. The van der Waals surface area contributed by atoms with Crippen molar-refractivity contribution in [3.8, 4) is 0 Å². The van der Waals surface area contributed by atoms with Crippen molar-refractivity contribution in [3.63, 3.8) is 0 Å². The van der Waals surface area contributed by atoms with Crippen LogP contribution in [0, 0.1) is 0 Å². The van der Waals surface area contributed by atoms with Crippen LogP contribution < -0.4 is 24.8 Å². The van der Waals surface area contributed by atoms with E-state index in [1.54, 1.807) is 22.3 Å². The molecule has 2 aromatic carbocycles. The zero-order valence-corrected chi connectivity index (χ0v) is 22.5. The van der Waals surface area contributed by atoms with Crippen LogP contribution in [-0.2, 0) is 17.5 Å². The largest absolute Gasteiger partial charge is 1.00 e. The smallest absolute Gasteiger partial charge is 1.00 e. The number of allylic oxidation sites excluding steroid dienone is 2. The van der Waals surface area contributed by atoms with Gasteiger partial charge in [-0.2, -0.15) is 0 Å². The van der Waals surface area contributed by atoms with Gasteiger partial charge in [0.25, 0.3) is 0 Å². The molecule has 2 unspecified atom stereocenters. The average Bonchev–Trinajstić information content (AvgIpc) is 3.39. The topological polar surface area (TPSA) is 0 Å². The Morgan fingerprint density at radius 1 is 0.621 bits per heavy atom. The van der Waals surface area contributed by atoms with Crippen LogP contribution in [0.2, 0.25) is 0 Å². The summed E-state index contributed by atoms with van der Waals surface area (Å²) in [6.07, 6.45) is 5.03. The van der Waals surface area contributed by atoms with Crippen molar-refractivity contribution in [2.24, 2.45) is 0 Å². The van der Waals surface area contributed by atoms with Crippen molar-refractivity contribution in [2.45, 2.75) is 21.1 Å². The van der Waals surface area contributed by atoms with E-state index in [-0.39, 0.29) is 24.8 Å². The molecule has 4 aliphatic rings. The molecule has 0 aromatic heterocycles. The van der Waals surface area contributed by atoms with E-state index in [1.807, 2.05) is 0 Å². The Bertz CT molecular complexity index is 1170. The van der Waals surface area contributed by atoms with Gasteiger partial charge in [0.05, 0.1) is 0 Å². The van der Waals surface area contributed by atoms with Gasteiger partial charge in [-0.1, -0.05) is 0 Å². The molecule has 5 heteroatoms. The normalized spacial score (nSPS) is 21.7. The summed E-state index contributed by atoms with van der Waals surface area (Å²) in [5, 5.41) is 0. The Hall–Kier alpha value is -0.703. The molecule has 2 aromatic rings. The monoisotopic (exact) mass is 526 g/mol.